The summed E-state index contributed by atoms with van der Waals surface area (Å²) in [5.74, 6) is 5.79. The van der Waals surface area contributed by atoms with Crippen LogP contribution < -0.4 is 10.6 Å². The van der Waals surface area contributed by atoms with Crippen molar-refractivity contribution in [3.05, 3.63) is 59.2 Å². The molecule has 58 heavy (non-hydrogen) atoms. The predicted octanol–water partition coefficient (Wildman–Crippen LogP) is 12.2. The highest BCUT2D eigenvalue weighted by Crippen LogP contribution is 2.51. The Morgan fingerprint density at radius 1 is 0.552 bits per heavy atom. The van der Waals surface area contributed by atoms with E-state index in [2.05, 4.69) is 98.5 Å². The molecule has 2 aromatic heterocycles. The molecule has 316 valence electrons. The lowest BCUT2D eigenvalue weighted by atomic mass is 9.63. The van der Waals surface area contributed by atoms with Crippen LogP contribution >= 0.6 is 0 Å². The van der Waals surface area contributed by atoms with Crippen LogP contribution in [0.3, 0.4) is 0 Å². The third-order valence-corrected chi connectivity index (χ3v) is 14.2. The first-order chi connectivity index (χ1) is 27.0. The molecule has 6 fully saturated rings. The van der Waals surface area contributed by atoms with E-state index in [0.717, 1.165) is 45.6 Å². The van der Waals surface area contributed by atoms with Crippen molar-refractivity contribution in [3.8, 4) is 0 Å². The summed E-state index contributed by atoms with van der Waals surface area (Å²) in [5.41, 5.74) is 5.68. The first-order valence-electron chi connectivity index (χ1n) is 22.7. The SMILES string of the molecule is CC(C)(C)C(=O)N[C@H](c1nc2cc([C@@H]3CC4CCC3CCC3CCC(CC4)[C@H](c4ccc5[nH]c([C@@H](NC(=O)C(C)(C)C)C(C)(C)C)nc5c4)C3)ccc2[nH]1)C(C)(C)C. The van der Waals surface area contributed by atoms with Gasteiger partial charge < -0.3 is 20.6 Å². The van der Waals surface area contributed by atoms with Gasteiger partial charge in [-0.25, -0.2) is 9.97 Å². The van der Waals surface area contributed by atoms with E-state index in [4.69, 9.17) is 9.97 Å². The fourth-order valence-corrected chi connectivity index (χ4v) is 10.5. The molecule has 0 aliphatic heterocycles. The molecule has 0 unspecified atom stereocenters. The highest BCUT2D eigenvalue weighted by molar-refractivity contribution is 5.83. The second-order valence-electron chi connectivity index (χ2n) is 23.1. The summed E-state index contributed by atoms with van der Waals surface area (Å²) < 4.78 is 0. The highest BCUT2D eigenvalue weighted by atomic mass is 16.2. The van der Waals surface area contributed by atoms with Gasteiger partial charge in [0.2, 0.25) is 11.8 Å². The zero-order valence-corrected chi connectivity index (χ0v) is 37.9. The molecule has 4 aromatic rings. The molecule has 2 amide bonds. The predicted molar refractivity (Wildman–Crippen MR) is 237 cm³/mol. The summed E-state index contributed by atoms with van der Waals surface area (Å²) in [6.07, 6.45) is 13.1. The number of hydrogen-bond donors (Lipinski definition) is 4. The molecular formula is C50H74N6O2. The molecule has 0 spiro atoms. The third-order valence-electron chi connectivity index (χ3n) is 14.2. The summed E-state index contributed by atoms with van der Waals surface area (Å²) in [4.78, 5) is 43.8. The van der Waals surface area contributed by atoms with Crippen LogP contribution in [-0.4, -0.2) is 31.8 Å². The number of amides is 2. The van der Waals surface area contributed by atoms with Crippen LogP contribution in [0.1, 0.15) is 194 Å². The largest absolute Gasteiger partial charge is 0.345 e. The summed E-state index contributed by atoms with van der Waals surface area (Å²) in [7, 11) is 0. The molecule has 8 nitrogen and oxygen atoms in total. The van der Waals surface area contributed by atoms with Crippen molar-refractivity contribution in [1.82, 2.24) is 30.6 Å². The van der Waals surface area contributed by atoms with Crippen molar-refractivity contribution in [2.24, 2.45) is 45.3 Å². The van der Waals surface area contributed by atoms with Gasteiger partial charge in [-0.2, -0.15) is 0 Å². The topological polar surface area (TPSA) is 116 Å². The van der Waals surface area contributed by atoms with Crippen molar-refractivity contribution >= 4 is 33.9 Å². The third kappa shape index (κ3) is 9.21. The van der Waals surface area contributed by atoms with Gasteiger partial charge in [-0.05, 0) is 120 Å². The Hall–Kier alpha value is -3.68. The molecule has 8 heteroatoms. The lowest BCUT2D eigenvalue weighted by Crippen LogP contribution is -2.42. The molecule has 4 bridgehead atoms. The van der Waals surface area contributed by atoms with Gasteiger partial charge in [-0.15, -0.1) is 0 Å². The zero-order chi connectivity index (χ0) is 41.9. The van der Waals surface area contributed by atoms with Gasteiger partial charge in [0, 0.05) is 10.8 Å². The molecule has 0 radical (unpaired) electrons. The lowest BCUT2D eigenvalue weighted by molar-refractivity contribution is -0.130. The Kier molecular flexibility index (Phi) is 11.5. The standard InChI is InChI=1S/C50H74N6O2/c1-47(2,3)41(55-45(57)49(7,8)9)43-51-37-23-21-33(27-39(37)53-43)35-25-29-13-17-31(35)19-15-30-14-18-32(20-16-29)36(26-30)34-22-24-38-40(28-34)54-44(52-38)42(48(4,5)6)56-46(58)50(10,11)12/h21-24,27-32,35-36,41-42H,13-20,25-26H2,1-12H3,(H,51,53)(H,52,54)(H,55,57)(H,56,58)/t29?,30?,31?,32?,35-,36-,41-,42-/m1/s1. The van der Waals surface area contributed by atoms with Crippen LogP contribution in [0.4, 0.5) is 0 Å². The normalized spacial score (nSPS) is 25.9. The number of rotatable bonds is 6. The Labute approximate surface area is 348 Å². The maximum absolute atomic E-state index is 13.1. The maximum Gasteiger partial charge on any atom is 0.225 e. The summed E-state index contributed by atoms with van der Waals surface area (Å²) in [5, 5.41) is 6.63. The Morgan fingerprint density at radius 2 is 0.897 bits per heavy atom. The first-order valence-corrected chi connectivity index (χ1v) is 22.7. The number of benzene rings is 2. The summed E-state index contributed by atoms with van der Waals surface area (Å²) in [6.45, 7) is 24.8. The van der Waals surface area contributed by atoms with Crippen LogP contribution in [0.15, 0.2) is 36.4 Å². The molecule has 4 atom stereocenters. The van der Waals surface area contributed by atoms with Crippen molar-refractivity contribution < 1.29 is 9.59 Å². The molecule has 0 saturated heterocycles. The fourth-order valence-electron chi connectivity index (χ4n) is 10.5. The second kappa shape index (κ2) is 15.7. The minimum Gasteiger partial charge on any atom is -0.345 e. The maximum atomic E-state index is 13.1. The van der Waals surface area contributed by atoms with E-state index in [1.165, 1.54) is 75.3 Å². The number of carbonyl (C=O) groups excluding carboxylic acids is 2. The first kappa shape index (κ1) is 42.4. The molecule has 10 rings (SSSR count). The van der Waals surface area contributed by atoms with Crippen molar-refractivity contribution in [1.29, 1.82) is 0 Å². The number of nitrogens with zero attached hydrogens (tertiary/aromatic N) is 2. The number of hydrogen-bond acceptors (Lipinski definition) is 4. The van der Waals surface area contributed by atoms with Gasteiger partial charge in [0.05, 0.1) is 34.2 Å². The molecule has 6 aliphatic carbocycles. The van der Waals surface area contributed by atoms with Crippen LogP contribution in [0.5, 0.6) is 0 Å². The van der Waals surface area contributed by atoms with Crippen molar-refractivity contribution in [2.45, 2.75) is 171 Å². The highest BCUT2D eigenvalue weighted by Gasteiger charge is 2.39. The number of carbonyl (C=O) groups is 2. The van der Waals surface area contributed by atoms with Gasteiger partial charge in [0.1, 0.15) is 11.6 Å². The van der Waals surface area contributed by atoms with Crippen molar-refractivity contribution in [2.75, 3.05) is 0 Å². The average Bonchev–Trinajstić information content (AvgIpc) is 3.75. The average molecular weight is 791 g/mol. The lowest BCUT2D eigenvalue weighted by Gasteiger charge is -2.42. The number of fused-ring (bicyclic) bond motifs is 2. The minimum atomic E-state index is -0.473. The Morgan fingerprint density at radius 3 is 1.21 bits per heavy atom. The van der Waals surface area contributed by atoms with Gasteiger partial charge in [-0.1, -0.05) is 121 Å². The van der Waals surface area contributed by atoms with Gasteiger partial charge >= 0.3 is 0 Å². The van der Waals surface area contributed by atoms with E-state index in [-0.39, 0.29) is 34.7 Å². The fraction of sp³-hybridized carbons (Fsp3) is 0.680. The van der Waals surface area contributed by atoms with Crippen LogP contribution in [-0.2, 0) is 9.59 Å². The molecule has 6 saturated carbocycles. The quantitative estimate of drug-likeness (QED) is 0.156. The van der Waals surface area contributed by atoms with Crippen LogP contribution in [0.25, 0.3) is 22.1 Å². The van der Waals surface area contributed by atoms with E-state index in [1.807, 2.05) is 41.5 Å². The molecular weight excluding hydrogens is 717 g/mol. The van der Waals surface area contributed by atoms with E-state index < -0.39 is 10.8 Å². The minimum absolute atomic E-state index is 0.0411. The molecule has 6 aliphatic rings. The van der Waals surface area contributed by atoms with E-state index in [0.29, 0.717) is 23.7 Å². The van der Waals surface area contributed by atoms with Crippen LogP contribution in [0, 0.1) is 45.3 Å². The van der Waals surface area contributed by atoms with Gasteiger partial charge in [0.15, 0.2) is 0 Å². The van der Waals surface area contributed by atoms with Gasteiger partial charge in [-0.3, -0.25) is 9.59 Å². The number of nitrogens with one attached hydrogen (secondary N) is 4. The molecule has 2 heterocycles. The Balaban J connectivity index is 1.09. The Bertz CT molecular complexity index is 1950. The molecule has 4 N–H and O–H groups in total. The number of imidazole rings is 2. The number of aromatic amines is 2. The smallest absolute Gasteiger partial charge is 0.225 e. The van der Waals surface area contributed by atoms with E-state index in [1.54, 1.807) is 0 Å². The summed E-state index contributed by atoms with van der Waals surface area (Å²) >= 11 is 0. The monoisotopic (exact) mass is 791 g/mol. The number of H-pyrrole nitrogens is 2. The van der Waals surface area contributed by atoms with Crippen LogP contribution in [0.2, 0.25) is 0 Å². The van der Waals surface area contributed by atoms with E-state index >= 15 is 0 Å². The zero-order valence-electron chi connectivity index (χ0n) is 37.9. The second-order valence-corrected chi connectivity index (χ2v) is 23.1. The van der Waals surface area contributed by atoms with Gasteiger partial charge in [0.25, 0.3) is 0 Å². The molecule has 2 aromatic carbocycles. The van der Waals surface area contributed by atoms with E-state index in [9.17, 15) is 9.59 Å². The van der Waals surface area contributed by atoms with Crippen molar-refractivity contribution in [3.63, 3.8) is 0 Å². The number of aromatic nitrogens is 4. The summed E-state index contributed by atoms with van der Waals surface area (Å²) in [6, 6.07) is 13.5.